The first-order chi connectivity index (χ1) is 11.9. The highest BCUT2D eigenvalue weighted by Crippen LogP contribution is 2.22. The smallest absolute Gasteiger partial charge is 0.263 e. The molecule has 0 radical (unpaired) electrons. The Kier molecular flexibility index (Phi) is 4.45. The number of sulfonamides is 1. The molecule has 3 rings (SSSR count). The zero-order valence-electron chi connectivity index (χ0n) is 13.7. The number of carbonyl (C=O) groups excluding carboxylic acids is 1. The van der Waals surface area contributed by atoms with E-state index in [1.165, 1.54) is 6.07 Å². The van der Waals surface area contributed by atoms with E-state index >= 15 is 0 Å². The van der Waals surface area contributed by atoms with Crippen molar-refractivity contribution >= 4 is 27.5 Å². The minimum atomic E-state index is -3.62. The van der Waals surface area contributed by atoms with E-state index in [0.717, 1.165) is 0 Å². The lowest BCUT2D eigenvalue weighted by Gasteiger charge is -2.10. The Bertz CT molecular complexity index is 937. The molecule has 7 nitrogen and oxygen atoms in total. The third-order valence-corrected chi connectivity index (χ3v) is 5.12. The highest BCUT2D eigenvalue weighted by atomic mass is 32.2. The van der Waals surface area contributed by atoms with Crippen molar-refractivity contribution in [2.75, 3.05) is 12.4 Å². The van der Waals surface area contributed by atoms with E-state index < -0.39 is 16.1 Å². The van der Waals surface area contributed by atoms with Crippen LogP contribution in [-0.4, -0.2) is 33.3 Å². The number of methoxy groups -OCH3 is 1. The van der Waals surface area contributed by atoms with Gasteiger partial charge in [0.25, 0.3) is 10.0 Å². The number of carbonyl (C=O) groups is 1. The first-order valence-electron chi connectivity index (χ1n) is 7.55. The molecule has 2 aromatic rings. The highest BCUT2D eigenvalue weighted by Gasteiger charge is 2.31. The molecule has 1 amide bonds. The molecule has 0 spiro atoms. The molecule has 0 saturated carbocycles. The molecule has 0 bridgehead atoms. The summed E-state index contributed by atoms with van der Waals surface area (Å²) in [5, 5.41) is 2.73. The topological polar surface area (TPSA) is 96.9 Å². The third kappa shape index (κ3) is 3.48. The van der Waals surface area contributed by atoms with Crippen molar-refractivity contribution in [1.82, 2.24) is 4.72 Å². The maximum atomic E-state index is 12.3. The van der Waals surface area contributed by atoms with Crippen molar-refractivity contribution in [3.63, 3.8) is 0 Å². The number of aliphatic imine (C=N–C) groups is 1. The maximum absolute atomic E-state index is 12.3. The van der Waals surface area contributed by atoms with Crippen LogP contribution < -0.4 is 14.8 Å². The van der Waals surface area contributed by atoms with Crippen molar-refractivity contribution in [3.8, 4) is 5.75 Å². The third-order valence-electron chi connectivity index (χ3n) is 3.72. The minimum absolute atomic E-state index is 0.163. The van der Waals surface area contributed by atoms with Crippen molar-refractivity contribution in [2.45, 2.75) is 17.9 Å². The summed E-state index contributed by atoms with van der Waals surface area (Å²) in [6.45, 7) is 1.60. The van der Waals surface area contributed by atoms with Crippen LogP contribution in [0.15, 0.2) is 58.4 Å². The van der Waals surface area contributed by atoms with Crippen molar-refractivity contribution in [3.05, 3.63) is 54.1 Å². The molecule has 0 aromatic heterocycles. The SMILES string of the molecule is COc1ccc(NC(=O)[C@H](C)N=C2NS(=O)(=O)c3ccccc32)cc1. The average molecular weight is 359 g/mol. The van der Waals surface area contributed by atoms with Crippen LogP contribution >= 0.6 is 0 Å². The molecule has 25 heavy (non-hydrogen) atoms. The number of fused-ring (bicyclic) bond motifs is 1. The Morgan fingerprint density at radius 3 is 2.52 bits per heavy atom. The van der Waals surface area contributed by atoms with Gasteiger partial charge in [0, 0.05) is 11.3 Å². The fourth-order valence-corrected chi connectivity index (χ4v) is 3.64. The molecule has 1 heterocycles. The summed E-state index contributed by atoms with van der Waals surface area (Å²) in [4.78, 5) is 16.7. The van der Waals surface area contributed by atoms with E-state index in [0.29, 0.717) is 17.0 Å². The second-order valence-corrected chi connectivity index (χ2v) is 7.12. The number of hydrogen-bond donors (Lipinski definition) is 2. The summed E-state index contributed by atoms with van der Waals surface area (Å²) >= 11 is 0. The van der Waals surface area contributed by atoms with Gasteiger partial charge in [-0.25, -0.2) is 8.42 Å². The average Bonchev–Trinajstić information content (AvgIpc) is 2.86. The molecule has 8 heteroatoms. The van der Waals surface area contributed by atoms with E-state index in [4.69, 9.17) is 4.74 Å². The first kappa shape index (κ1) is 17.0. The summed E-state index contributed by atoms with van der Waals surface area (Å²) in [6.07, 6.45) is 0. The van der Waals surface area contributed by atoms with Gasteiger partial charge < -0.3 is 10.1 Å². The lowest BCUT2D eigenvalue weighted by molar-refractivity contribution is -0.117. The Balaban J connectivity index is 1.78. The number of nitrogens with one attached hydrogen (secondary N) is 2. The van der Waals surface area contributed by atoms with Crippen LogP contribution in [0.2, 0.25) is 0 Å². The van der Waals surface area contributed by atoms with Crippen LogP contribution in [0.1, 0.15) is 12.5 Å². The van der Waals surface area contributed by atoms with Gasteiger partial charge in [0.2, 0.25) is 5.91 Å². The van der Waals surface area contributed by atoms with Gasteiger partial charge in [0.15, 0.2) is 0 Å². The van der Waals surface area contributed by atoms with Gasteiger partial charge >= 0.3 is 0 Å². The Morgan fingerprint density at radius 1 is 1.16 bits per heavy atom. The second-order valence-electron chi connectivity index (χ2n) is 5.47. The molecule has 2 aromatic carbocycles. The molecule has 130 valence electrons. The van der Waals surface area contributed by atoms with E-state index in [1.54, 1.807) is 56.5 Å². The fraction of sp³-hybridized carbons (Fsp3) is 0.176. The number of benzene rings is 2. The van der Waals surface area contributed by atoms with Gasteiger partial charge in [0.1, 0.15) is 17.6 Å². The number of ether oxygens (including phenoxy) is 1. The summed E-state index contributed by atoms with van der Waals surface area (Å²) in [5.41, 5.74) is 1.07. The molecule has 0 aliphatic carbocycles. The Labute approximate surface area is 145 Å². The van der Waals surface area contributed by atoms with Crippen molar-refractivity contribution in [1.29, 1.82) is 0 Å². The standard InChI is InChI=1S/C17H17N3O4S/c1-11(17(21)19-12-7-9-13(24-2)10-8-12)18-16-14-5-3-4-6-15(14)25(22,23)20-16/h3-11H,1-2H3,(H,18,20)(H,19,21)/t11-/m0/s1. The summed E-state index contributed by atoms with van der Waals surface area (Å²) < 4.78 is 31.6. The lowest BCUT2D eigenvalue weighted by atomic mass is 10.2. The minimum Gasteiger partial charge on any atom is -0.497 e. The summed E-state index contributed by atoms with van der Waals surface area (Å²) in [5.74, 6) is 0.512. The molecule has 0 saturated heterocycles. The molecular weight excluding hydrogens is 342 g/mol. The molecule has 1 aliphatic rings. The van der Waals surface area contributed by atoms with E-state index in [-0.39, 0.29) is 16.6 Å². The fourth-order valence-electron chi connectivity index (χ4n) is 2.40. The quantitative estimate of drug-likeness (QED) is 0.869. The Hall–Kier alpha value is -2.87. The highest BCUT2D eigenvalue weighted by molar-refractivity contribution is 7.90. The largest absolute Gasteiger partial charge is 0.497 e. The number of anilines is 1. The van der Waals surface area contributed by atoms with Crippen LogP contribution in [0, 0.1) is 0 Å². The predicted octanol–water partition coefficient (Wildman–Crippen LogP) is 1.76. The van der Waals surface area contributed by atoms with E-state index in [1.807, 2.05) is 0 Å². The monoisotopic (exact) mass is 359 g/mol. The molecule has 0 fully saturated rings. The maximum Gasteiger partial charge on any atom is 0.263 e. The molecular formula is C17H17N3O4S. The number of nitrogens with zero attached hydrogens (tertiary/aromatic N) is 1. The van der Waals surface area contributed by atoms with Crippen LogP contribution in [0.5, 0.6) is 5.75 Å². The van der Waals surface area contributed by atoms with Crippen molar-refractivity contribution in [2.24, 2.45) is 4.99 Å². The Morgan fingerprint density at radius 2 is 1.84 bits per heavy atom. The first-order valence-corrected chi connectivity index (χ1v) is 9.04. The van der Waals surface area contributed by atoms with Crippen LogP contribution in [0.3, 0.4) is 0 Å². The predicted molar refractivity (Wildman–Crippen MR) is 94.4 cm³/mol. The van der Waals surface area contributed by atoms with Crippen LogP contribution in [-0.2, 0) is 14.8 Å². The van der Waals surface area contributed by atoms with Gasteiger partial charge in [0.05, 0.1) is 12.0 Å². The van der Waals surface area contributed by atoms with E-state index in [9.17, 15) is 13.2 Å². The molecule has 0 unspecified atom stereocenters. The van der Waals surface area contributed by atoms with Gasteiger partial charge in [-0.2, -0.15) is 0 Å². The molecule has 2 N–H and O–H groups in total. The van der Waals surface area contributed by atoms with Crippen LogP contribution in [0.25, 0.3) is 0 Å². The lowest BCUT2D eigenvalue weighted by Crippen LogP contribution is -2.28. The summed E-state index contributed by atoms with van der Waals surface area (Å²) in [6, 6.07) is 12.6. The number of amidine groups is 1. The number of rotatable bonds is 4. The molecule has 1 atom stereocenters. The van der Waals surface area contributed by atoms with Gasteiger partial charge in [-0.15, -0.1) is 0 Å². The second kappa shape index (κ2) is 6.56. The van der Waals surface area contributed by atoms with Crippen molar-refractivity contribution < 1.29 is 17.9 Å². The van der Waals surface area contributed by atoms with E-state index in [2.05, 4.69) is 15.0 Å². The molecule has 1 aliphatic heterocycles. The number of amides is 1. The summed E-state index contributed by atoms with van der Waals surface area (Å²) in [7, 11) is -2.06. The van der Waals surface area contributed by atoms with Gasteiger partial charge in [-0.1, -0.05) is 12.1 Å². The zero-order valence-corrected chi connectivity index (χ0v) is 14.5. The van der Waals surface area contributed by atoms with Gasteiger partial charge in [-0.05, 0) is 43.3 Å². The zero-order chi connectivity index (χ0) is 18.0. The van der Waals surface area contributed by atoms with Crippen LogP contribution in [0.4, 0.5) is 5.69 Å². The number of hydrogen-bond acceptors (Lipinski definition) is 5. The van der Waals surface area contributed by atoms with Gasteiger partial charge in [-0.3, -0.25) is 14.5 Å². The normalized spacial score (nSPS) is 17.4.